The molecular formula is C21H20F2N4O2. The van der Waals surface area contributed by atoms with Crippen molar-refractivity contribution in [2.75, 3.05) is 5.73 Å². The number of halogens is 2. The second kappa shape index (κ2) is 6.65. The van der Waals surface area contributed by atoms with Crippen LogP contribution in [-0.2, 0) is 4.79 Å². The summed E-state index contributed by atoms with van der Waals surface area (Å²) in [6.07, 6.45) is 0.980. The van der Waals surface area contributed by atoms with E-state index in [1.807, 2.05) is 0 Å². The summed E-state index contributed by atoms with van der Waals surface area (Å²) < 4.78 is 29.3. The number of amides is 2. The van der Waals surface area contributed by atoms with E-state index < -0.39 is 29.6 Å². The van der Waals surface area contributed by atoms with Gasteiger partial charge in [-0.25, -0.2) is 13.8 Å². The van der Waals surface area contributed by atoms with E-state index in [2.05, 4.69) is 16.9 Å². The van der Waals surface area contributed by atoms with Gasteiger partial charge in [-0.15, -0.1) is 0 Å². The molecule has 1 aromatic carbocycles. The van der Waals surface area contributed by atoms with Crippen LogP contribution in [-0.4, -0.2) is 27.7 Å². The molecule has 1 saturated heterocycles. The monoisotopic (exact) mass is 398 g/mol. The lowest BCUT2D eigenvalue weighted by Crippen LogP contribution is -2.50. The van der Waals surface area contributed by atoms with E-state index in [1.165, 1.54) is 30.0 Å². The molecule has 1 unspecified atom stereocenters. The fourth-order valence-corrected chi connectivity index (χ4v) is 4.10. The number of carbonyl (C=O) groups excluding carboxylic acids is 2. The number of fused-ring (bicyclic) bond motifs is 1. The number of allylic oxidation sites excluding steroid dienone is 1. The molecule has 3 N–H and O–H groups in total. The molecule has 2 amide bonds. The number of nitrogen functional groups attached to an aromatic ring is 1. The van der Waals surface area contributed by atoms with Crippen molar-refractivity contribution >= 4 is 17.6 Å². The molecule has 2 aromatic rings. The number of pyridine rings is 1. The molecule has 29 heavy (non-hydrogen) atoms. The van der Waals surface area contributed by atoms with Crippen LogP contribution >= 0.6 is 0 Å². The van der Waals surface area contributed by atoms with E-state index in [1.54, 1.807) is 6.92 Å². The van der Waals surface area contributed by atoms with E-state index in [0.29, 0.717) is 18.5 Å². The van der Waals surface area contributed by atoms with Crippen LogP contribution < -0.4 is 11.1 Å². The number of anilines is 1. The molecule has 0 bridgehead atoms. The van der Waals surface area contributed by atoms with Gasteiger partial charge >= 0.3 is 0 Å². The van der Waals surface area contributed by atoms with Crippen LogP contribution in [0.25, 0.3) is 11.3 Å². The minimum absolute atomic E-state index is 0.126. The van der Waals surface area contributed by atoms with Crippen LogP contribution in [0.4, 0.5) is 14.6 Å². The molecule has 3 heterocycles. The Morgan fingerprint density at radius 3 is 2.59 bits per heavy atom. The number of hydrogen-bond acceptors (Lipinski definition) is 4. The normalized spacial score (nSPS) is 21.4. The number of aryl methyl sites for hydroxylation is 1. The van der Waals surface area contributed by atoms with E-state index >= 15 is 4.39 Å². The van der Waals surface area contributed by atoms with Crippen molar-refractivity contribution in [1.82, 2.24) is 15.2 Å². The lowest BCUT2D eigenvalue weighted by atomic mass is 9.98. The predicted octanol–water partition coefficient (Wildman–Crippen LogP) is 3.23. The van der Waals surface area contributed by atoms with Gasteiger partial charge in [-0.05, 0) is 50.5 Å². The smallest absolute Gasteiger partial charge is 0.255 e. The highest BCUT2D eigenvalue weighted by molar-refractivity contribution is 6.02. The molecule has 2 atom stereocenters. The second-order valence-corrected chi connectivity index (χ2v) is 7.45. The Bertz CT molecular complexity index is 1060. The zero-order valence-corrected chi connectivity index (χ0v) is 16.1. The maximum Gasteiger partial charge on any atom is 0.255 e. The van der Waals surface area contributed by atoms with Gasteiger partial charge in [0.25, 0.3) is 5.91 Å². The lowest BCUT2D eigenvalue weighted by molar-refractivity contribution is -0.126. The number of piperidine rings is 1. The van der Waals surface area contributed by atoms with E-state index in [-0.39, 0.29) is 39.7 Å². The number of benzene rings is 1. The number of nitrogens with zero attached hydrogens (tertiary/aromatic N) is 2. The number of carbonyl (C=O) groups is 2. The second-order valence-electron chi connectivity index (χ2n) is 7.45. The van der Waals surface area contributed by atoms with Crippen molar-refractivity contribution in [2.45, 2.75) is 38.8 Å². The summed E-state index contributed by atoms with van der Waals surface area (Å²) in [5.41, 5.74) is 7.17. The van der Waals surface area contributed by atoms with Crippen molar-refractivity contribution in [3.63, 3.8) is 0 Å². The van der Waals surface area contributed by atoms with E-state index in [0.717, 1.165) is 0 Å². The zero-order valence-electron chi connectivity index (χ0n) is 16.1. The molecule has 0 saturated carbocycles. The molecule has 4 rings (SSSR count). The Hall–Kier alpha value is -3.29. The molecule has 2 aliphatic heterocycles. The summed E-state index contributed by atoms with van der Waals surface area (Å²) in [5, 5.41) is 2.66. The van der Waals surface area contributed by atoms with Crippen molar-refractivity contribution in [3.05, 3.63) is 58.8 Å². The first-order chi connectivity index (χ1) is 13.7. The quantitative estimate of drug-likeness (QED) is 0.813. The summed E-state index contributed by atoms with van der Waals surface area (Å²) in [4.78, 5) is 30.7. The molecule has 150 valence electrons. The van der Waals surface area contributed by atoms with Gasteiger partial charge in [-0.1, -0.05) is 6.58 Å². The van der Waals surface area contributed by atoms with Gasteiger partial charge in [-0.3, -0.25) is 9.59 Å². The first-order valence-corrected chi connectivity index (χ1v) is 9.27. The standard InChI is InChI=1S/C21H20F2N4O2/c1-9-8-14(26-19(24)17(9)22)12-5-6-13-16(18(12)23)11(3)27(21(13)29)15-7-4-10(2)25-20(15)28/h5-6,8,11,15H,2,4,7H2,1,3H3,(H2,24,26)(H,25,28)/t11-,15?/m1/s1. The van der Waals surface area contributed by atoms with Crippen LogP contribution in [0.5, 0.6) is 0 Å². The Morgan fingerprint density at radius 2 is 1.93 bits per heavy atom. The van der Waals surface area contributed by atoms with Gasteiger partial charge in [0.1, 0.15) is 11.9 Å². The Labute approximate surface area is 166 Å². The molecule has 8 heteroatoms. The molecular weight excluding hydrogens is 378 g/mol. The van der Waals surface area contributed by atoms with Crippen molar-refractivity contribution < 1.29 is 18.4 Å². The Balaban J connectivity index is 1.77. The van der Waals surface area contributed by atoms with Crippen LogP contribution in [0.15, 0.2) is 30.5 Å². The van der Waals surface area contributed by atoms with Crippen LogP contribution in [0.1, 0.15) is 47.3 Å². The number of hydrogen-bond donors (Lipinski definition) is 2. The van der Waals surface area contributed by atoms with Gasteiger partial charge in [0.05, 0.1) is 11.7 Å². The Kier molecular flexibility index (Phi) is 4.37. The minimum Gasteiger partial charge on any atom is -0.381 e. The number of rotatable bonds is 2. The van der Waals surface area contributed by atoms with Crippen molar-refractivity contribution in [2.24, 2.45) is 0 Å². The highest BCUT2D eigenvalue weighted by Gasteiger charge is 2.44. The molecule has 1 aromatic heterocycles. The van der Waals surface area contributed by atoms with Crippen LogP contribution in [0, 0.1) is 18.6 Å². The molecule has 1 fully saturated rings. The largest absolute Gasteiger partial charge is 0.381 e. The number of nitrogens with two attached hydrogens (primary N) is 1. The van der Waals surface area contributed by atoms with Gasteiger partial charge < -0.3 is 16.0 Å². The minimum atomic E-state index is -0.694. The highest BCUT2D eigenvalue weighted by Crippen LogP contribution is 2.41. The third-order valence-electron chi connectivity index (χ3n) is 5.58. The average Bonchev–Trinajstić information content (AvgIpc) is 2.91. The molecule has 6 nitrogen and oxygen atoms in total. The predicted molar refractivity (Wildman–Crippen MR) is 104 cm³/mol. The van der Waals surface area contributed by atoms with Gasteiger partial charge in [0.2, 0.25) is 5.91 Å². The van der Waals surface area contributed by atoms with E-state index in [9.17, 15) is 14.0 Å². The summed E-state index contributed by atoms with van der Waals surface area (Å²) in [7, 11) is 0. The molecule has 0 aliphatic carbocycles. The first kappa shape index (κ1) is 19.0. The summed E-state index contributed by atoms with van der Waals surface area (Å²) in [6, 6.07) is 3.03. The topological polar surface area (TPSA) is 88.3 Å². The maximum absolute atomic E-state index is 15.5. The van der Waals surface area contributed by atoms with Crippen LogP contribution in [0.3, 0.4) is 0 Å². The first-order valence-electron chi connectivity index (χ1n) is 9.27. The van der Waals surface area contributed by atoms with Crippen molar-refractivity contribution in [3.8, 4) is 11.3 Å². The number of aromatic nitrogens is 1. The fraction of sp³-hybridized carbons (Fsp3) is 0.286. The Morgan fingerprint density at radius 1 is 1.24 bits per heavy atom. The third kappa shape index (κ3) is 2.86. The van der Waals surface area contributed by atoms with Gasteiger partial charge in [0.15, 0.2) is 11.6 Å². The summed E-state index contributed by atoms with van der Waals surface area (Å²) in [5.74, 6) is -2.30. The SMILES string of the molecule is C=C1CCC(N2C(=O)c3ccc(-c4cc(C)c(F)c(N)n4)c(F)c3[C@H]2C)C(=O)N1. The maximum atomic E-state index is 15.5. The van der Waals surface area contributed by atoms with Crippen LogP contribution in [0.2, 0.25) is 0 Å². The highest BCUT2D eigenvalue weighted by atomic mass is 19.1. The van der Waals surface area contributed by atoms with Gasteiger partial charge in [0, 0.05) is 22.4 Å². The summed E-state index contributed by atoms with van der Waals surface area (Å²) in [6.45, 7) is 6.95. The fourth-order valence-electron chi connectivity index (χ4n) is 4.10. The molecule has 0 spiro atoms. The zero-order chi connectivity index (χ0) is 21.0. The molecule has 2 aliphatic rings. The summed E-state index contributed by atoms with van der Waals surface area (Å²) >= 11 is 0. The average molecular weight is 398 g/mol. The lowest BCUT2D eigenvalue weighted by Gasteiger charge is -2.34. The van der Waals surface area contributed by atoms with E-state index in [4.69, 9.17) is 5.73 Å². The number of nitrogens with one attached hydrogen (secondary N) is 1. The third-order valence-corrected chi connectivity index (χ3v) is 5.58. The molecule has 0 radical (unpaired) electrons. The van der Waals surface area contributed by atoms with Crippen molar-refractivity contribution in [1.29, 1.82) is 0 Å². The van der Waals surface area contributed by atoms with Gasteiger partial charge in [-0.2, -0.15) is 0 Å².